The lowest BCUT2D eigenvalue weighted by Crippen LogP contribution is -2.02. The number of aliphatic hydroxyl groups is 1. The van der Waals surface area contributed by atoms with Gasteiger partial charge in [-0.1, -0.05) is 12.1 Å². The van der Waals surface area contributed by atoms with Gasteiger partial charge in [-0.25, -0.2) is 0 Å². The highest BCUT2D eigenvalue weighted by Crippen LogP contribution is 2.31. The van der Waals surface area contributed by atoms with E-state index in [4.69, 9.17) is 9.47 Å². The van der Waals surface area contributed by atoms with Crippen molar-refractivity contribution >= 4 is 0 Å². The van der Waals surface area contributed by atoms with E-state index in [2.05, 4.69) is 0 Å². The van der Waals surface area contributed by atoms with Crippen LogP contribution in [0.15, 0.2) is 36.4 Å². The van der Waals surface area contributed by atoms with E-state index in [1.807, 2.05) is 50.2 Å². The van der Waals surface area contributed by atoms with E-state index in [1.165, 1.54) is 0 Å². The van der Waals surface area contributed by atoms with Crippen molar-refractivity contribution in [2.24, 2.45) is 0 Å². The molecular weight excluding hydrogens is 252 g/mol. The highest BCUT2D eigenvalue weighted by atomic mass is 16.5. The predicted molar refractivity (Wildman–Crippen MR) is 79.5 cm³/mol. The van der Waals surface area contributed by atoms with Crippen LogP contribution < -0.4 is 9.47 Å². The van der Waals surface area contributed by atoms with Gasteiger partial charge in [0, 0.05) is 0 Å². The first-order valence-electron chi connectivity index (χ1n) is 6.54. The Kier molecular flexibility index (Phi) is 4.30. The minimum Gasteiger partial charge on any atom is -0.497 e. The van der Waals surface area contributed by atoms with Crippen LogP contribution in [0.1, 0.15) is 28.4 Å². The molecule has 0 radical (unpaired) electrons. The lowest BCUT2D eigenvalue weighted by Gasteiger charge is -2.16. The summed E-state index contributed by atoms with van der Waals surface area (Å²) < 4.78 is 10.5. The first-order valence-corrected chi connectivity index (χ1v) is 6.54. The van der Waals surface area contributed by atoms with E-state index in [1.54, 1.807) is 14.2 Å². The normalized spacial score (nSPS) is 12.1. The molecule has 0 spiro atoms. The molecule has 1 unspecified atom stereocenters. The summed E-state index contributed by atoms with van der Waals surface area (Å²) in [6.07, 6.45) is -0.673. The fourth-order valence-corrected chi connectivity index (χ4v) is 2.47. The molecule has 3 nitrogen and oxygen atoms in total. The molecule has 1 N–H and O–H groups in total. The lowest BCUT2D eigenvalue weighted by molar-refractivity contribution is 0.219. The van der Waals surface area contributed by atoms with E-state index in [0.29, 0.717) is 0 Å². The van der Waals surface area contributed by atoms with Gasteiger partial charge in [0.15, 0.2) is 0 Å². The molecule has 0 heterocycles. The van der Waals surface area contributed by atoms with Crippen molar-refractivity contribution in [1.82, 2.24) is 0 Å². The van der Waals surface area contributed by atoms with Gasteiger partial charge in [-0.05, 0) is 60.4 Å². The summed E-state index contributed by atoms with van der Waals surface area (Å²) >= 11 is 0. The molecule has 0 aliphatic carbocycles. The van der Waals surface area contributed by atoms with Gasteiger partial charge >= 0.3 is 0 Å². The fourth-order valence-electron chi connectivity index (χ4n) is 2.47. The van der Waals surface area contributed by atoms with Crippen LogP contribution in [0.2, 0.25) is 0 Å². The molecule has 0 aliphatic heterocycles. The molecule has 0 fully saturated rings. The maximum atomic E-state index is 10.5. The Morgan fingerprint density at radius 2 is 1.55 bits per heavy atom. The Morgan fingerprint density at radius 3 is 2.10 bits per heavy atom. The molecule has 2 aromatic rings. The largest absolute Gasteiger partial charge is 0.497 e. The lowest BCUT2D eigenvalue weighted by atomic mass is 9.97. The predicted octanol–water partition coefficient (Wildman–Crippen LogP) is 3.40. The average molecular weight is 272 g/mol. The quantitative estimate of drug-likeness (QED) is 0.927. The first-order chi connectivity index (χ1) is 9.56. The first kappa shape index (κ1) is 14.4. The van der Waals surface area contributed by atoms with Gasteiger partial charge < -0.3 is 14.6 Å². The van der Waals surface area contributed by atoms with Gasteiger partial charge in [0.25, 0.3) is 0 Å². The van der Waals surface area contributed by atoms with Gasteiger partial charge in [-0.2, -0.15) is 0 Å². The van der Waals surface area contributed by atoms with E-state index in [0.717, 1.165) is 33.8 Å². The van der Waals surface area contributed by atoms with E-state index >= 15 is 0 Å². The molecule has 2 aromatic carbocycles. The number of rotatable bonds is 4. The van der Waals surface area contributed by atoms with Crippen molar-refractivity contribution in [1.29, 1.82) is 0 Å². The summed E-state index contributed by atoms with van der Waals surface area (Å²) in [4.78, 5) is 0. The third-order valence-electron chi connectivity index (χ3n) is 3.41. The summed E-state index contributed by atoms with van der Waals surface area (Å²) in [6.45, 7) is 3.96. The number of ether oxygens (including phenoxy) is 2. The number of methoxy groups -OCH3 is 2. The second-order valence-electron chi connectivity index (χ2n) is 4.87. The molecule has 2 rings (SSSR count). The maximum absolute atomic E-state index is 10.5. The monoisotopic (exact) mass is 272 g/mol. The van der Waals surface area contributed by atoms with Gasteiger partial charge in [0.05, 0.1) is 14.2 Å². The molecule has 20 heavy (non-hydrogen) atoms. The standard InChI is InChI=1S/C17H20O3/c1-11-8-14(9-12(2)17(11)20-4)16(18)13-6-5-7-15(10-13)19-3/h5-10,16,18H,1-4H3. The minimum atomic E-state index is -0.673. The molecule has 3 heteroatoms. The summed E-state index contributed by atoms with van der Waals surface area (Å²) in [5.41, 5.74) is 3.70. The molecule has 106 valence electrons. The molecule has 0 amide bonds. The summed E-state index contributed by atoms with van der Waals surface area (Å²) in [5.74, 6) is 1.61. The van der Waals surface area contributed by atoms with Crippen LogP contribution in [-0.2, 0) is 0 Å². The zero-order chi connectivity index (χ0) is 14.7. The Balaban J connectivity index is 2.40. The van der Waals surface area contributed by atoms with Crippen molar-refractivity contribution in [3.63, 3.8) is 0 Å². The minimum absolute atomic E-state index is 0.673. The topological polar surface area (TPSA) is 38.7 Å². The number of aryl methyl sites for hydroxylation is 2. The summed E-state index contributed by atoms with van der Waals surface area (Å²) in [6, 6.07) is 11.4. The van der Waals surface area contributed by atoms with E-state index < -0.39 is 6.10 Å². The van der Waals surface area contributed by atoms with Crippen molar-refractivity contribution < 1.29 is 14.6 Å². The highest BCUT2D eigenvalue weighted by molar-refractivity contribution is 5.46. The van der Waals surface area contributed by atoms with E-state index in [9.17, 15) is 5.11 Å². The molecule has 1 atom stereocenters. The molecule has 0 aliphatic rings. The number of hydrogen-bond donors (Lipinski definition) is 1. The van der Waals surface area contributed by atoms with Gasteiger partial charge in [-0.15, -0.1) is 0 Å². The van der Waals surface area contributed by atoms with Crippen molar-refractivity contribution in [2.75, 3.05) is 14.2 Å². The van der Waals surface area contributed by atoms with Crippen LogP contribution in [0.3, 0.4) is 0 Å². The van der Waals surface area contributed by atoms with E-state index in [-0.39, 0.29) is 0 Å². The average Bonchev–Trinajstić information content (AvgIpc) is 2.46. The molecule has 0 aromatic heterocycles. The van der Waals surface area contributed by atoms with Crippen molar-refractivity contribution in [3.8, 4) is 11.5 Å². The molecule has 0 saturated carbocycles. The van der Waals surface area contributed by atoms with Crippen LogP contribution >= 0.6 is 0 Å². The van der Waals surface area contributed by atoms with Crippen LogP contribution in [0, 0.1) is 13.8 Å². The van der Waals surface area contributed by atoms with Crippen LogP contribution in [0.4, 0.5) is 0 Å². The Hall–Kier alpha value is -2.00. The molecular formula is C17H20O3. The number of aliphatic hydroxyl groups excluding tert-OH is 1. The third-order valence-corrected chi connectivity index (χ3v) is 3.41. The number of benzene rings is 2. The second kappa shape index (κ2) is 5.97. The smallest absolute Gasteiger partial charge is 0.124 e. The van der Waals surface area contributed by atoms with Crippen LogP contribution in [0.25, 0.3) is 0 Å². The summed E-state index contributed by atoms with van der Waals surface area (Å²) in [7, 11) is 3.28. The molecule has 0 bridgehead atoms. The van der Waals surface area contributed by atoms with Gasteiger partial charge in [0.2, 0.25) is 0 Å². The Labute approximate surface area is 119 Å². The zero-order valence-corrected chi connectivity index (χ0v) is 12.3. The summed E-state index contributed by atoms with van der Waals surface area (Å²) in [5, 5.41) is 10.5. The van der Waals surface area contributed by atoms with Crippen LogP contribution in [-0.4, -0.2) is 19.3 Å². The Morgan fingerprint density at radius 1 is 0.900 bits per heavy atom. The fraction of sp³-hybridized carbons (Fsp3) is 0.294. The Bertz CT molecular complexity index is 582. The van der Waals surface area contributed by atoms with Crippen LogP contribution in [0.5, 0.6) is 11.5 Å². The van der Waals surface area contributed by atoms with Gasteiger partial charge in [0.1, 0.15) is 17.6 Å². The zero-order valence-electron chi connectivity index (χ0n) is 12.3. The second-order valence-corrected chi connectivity index (χ2v) is 4.87. The highest BCUT2D eigenvalue weighted by Gasteiger charge is 2.14. The SMILES string of the molecule is COc1cccc(C(O)c2cc(C)c(OC)c(C)c2)c1. The third kappa shape index (κ3) is 2.78. The van der Waals surface area contributed by atoms with Crippen molar-refractivity contribution in [3.05, 3.63) is 58.7 Å². The maximum Gasteiger partial charge on any atom is 0.124 e. The van der Waals surface area contributed by atoms with Crippen molar-refractivity contribution in [2.45, 2.75) is 20.0 Å². The number of hydrogen-bond acceptors (Lipinski definition) is 3. The molecule has 0 saturated heterocycles. The van der Waals surface area contributed by atoms with Gasteiger partial charge in [-0.3, -0.25) is 0 Å².